The Bertz CT molecular complexity index is 1330. The summed E-state index contributed by atoms with van der Waals surface area (Å²) in [6.07, 6.45) is 7.65. The molecule has 3 aromatic heterocycles. The minimum Gasteiger partial charge on any atom is -0.398 e. The van der Waals surface area contributed by atoms with E-state index in [1.54, 1.807) is 29.3 Å². The minimum atomic E-state index is -0.247. The van der Waals surface area contributed by atoms with Crippen LogP contribution < -0.4 is 11.1 Å². The fourth-order valence-corrected chi connectivity index (χ4v) is 3.65. The number of nitrogens with one attached hydrogen (secondary N) is 1. The number of rotatable bonds is 3. The largest absolute Gasteiger partial charge is 0.398 e. The average Bonchev–Trinajstić information content (AvgIpc) is 3.43. The van der Waals surface area contributed by atoms with Gasteiger partial charge in [0, 0.05) is 41.5 Å². The van der Waals surface area contributed by atoms with Gasteiger partial charge in [0.2, 0.25) is 5.91 Å². The topological polar surface area (TPSA) is 123 Å². The number of amides is 1. The van der Waals surface area contributed by atoms with Gasteiger partial charge in [0.25, 0.3) is 0 Å². The molecule has 8 nitrogen and oxygen atoms in total. The summed E-state index contributed by atoms with van der Waals surface area (Å²) in [4.78, 5) is 20.9. The maximum atomic E-state index is 12.2. The maximum absolute atomic E-state index is 12.2. The number of nitrogens with zero attached hydrogens (tertiary/aromatic N) is 5. The van der Waals surface area contributed by atoms with E-state index < -0.39 is 0 Å². The van der Waals surface area contributed by atoms with Crippen molar-refractivity contribution in [2.45, 2.75) is 6.42 Å². The molecule has 1 amide bonds. The Kier molecular flexibility index (Phi) is 3.71. The molecule has 3 N–H and O–H groups in total. The highest BCUT2D eigenvalue weighted by atomic mass is 16.2. The van der Waals surface area contributed by atoms with Crippen LogP contribution in [0.1, 0.15) is 6.42 Å². The van der Waals surface area contributed by atoms with Crippen molar-refractivity contribution in [2.75, 3.05) is 11.1 Å². The lowest BCUT2D eigenvalue weighted by atomic mass is 10.00. The fraction of sp³-hybridized carbons (Fsp3) is 0.190. The van der Waals surface area contributed by atoms with Crippen molar-refractivity contribution in [1.82, 2.24) is 19.7 Å². The van der Waals surface area contributed by atoms with Gasteiger partial charge >= 0.3 is 0 Å². The second-order valence-corrected chi connectivity index (χ2v) is 7.31. The van der Waals surface area contributed by atoms with Gasteiger partial charge in [-0.05, 0) is 35.6 Å². The van der Waals surface area contributed by atoms with Crippen molar-refractivity contribution in [2.24, 2.45) is 18.9 Å². The van der Waals surface area contributed by atoms with Crippen LogP contribution in [0.15, 0.2) is 43.0 Å². The average molecular weight is 383 g/mol. The number of aromatic nitrogens is 4. The summed E-state index contributed by atoms with van der Waals surface area (Å²) < 4.78 is 1.78. The molecule has 8 heteroatoms. The molecule has 5 rings (SSSR count). The van der Waals surface area contributed by atoms with Crippen LogP contribution in [-0.2, 0) is 11.8 Å². The molecule has 1 fully saturated rings. The first-order valence-corrected chi connectivity index (χ1v) is 9.21. The normalized spacial score (nSPS) is 17.9. The number of benzene rings is 1. The molecular weight excluding hydrogens is 366 g/mol. The minimum absolute atomic E-state index is 0.170. The Morgan fingerprint density at radius 2 is 2.10 bits per heavy atom. The van der Waals surface area contributed by atoms with Crippen LogP contribution in [0.2, 0.25) is 0 Å². The van der Waals surface area contributed by atoms with Gasteiger partial charge in [-0.3, -0.25) is 14.5 Å². The Morgan fingerprint density at radius 3 is 2.90 bits per heavy atom. The molecular formula is C21H17N7O. The van der Waals surface area contributed by atoms with Crippen molar-refractivity contribution >= 4 is 39.1 Å². The van der Waals surface area contributed by atoms with Crippen LogP contribution in [0.5, 0.6) is 0 Å². The summed E-state index contributed by atoms with van der Waals surface area (Å²) >= 11 is 0. The first kappa shape index (κ1) is 17.1. The lowest BCUT2D eigenvalue weighted by Crippen LogP contribution is -2.15. The van der Waals surface area contributed by atoms with Gasteiger partial charge in [-0.25, -0.2) is 4.98 Å². The molecule has 142 valence electrons. The number of hydrogen-bond acceptors (Lipinski definition) is 6. The zero-order valence-corrected chi connectivity index (χ0v) is 15.6. The molecule has 1 aliphatic rings. The molecule has 3 heterocycles. The number of carbonyl (C=O) groups excluding carboxylic acids is 1. The zero-order chi connectivity index (χ0) is 20.1. The second-order valence-electron chi connectivity index (χ2n) is 7.31. The third-order valence-electron chi connectivity index (χ3n) is 5.40. The fourth-order valence-electron chi connectivity index (χ4n) is 3.65. The predicted octanol–water partition coefficient (Wildman–Crippen LogP) is 2.86. The van der Waals surface area contributed by atoms with Crippen molar-refractivity contribution in [3.8, 4) is 17.2 Å². The number of pyridine rings is 2. The maximum Gasteiger partial charge on any atom is 0.230 e. The van der Waals surface area contributed by atoms with Crippen LogP contribution in [0.3, 0.4) is 0 Å². The standard InChI is InChI=1S/C21H17N7O/c1-28-19-10-24-7-15(17(19)9-26-28)11-2-12-5-20(25-8-16(12)18(23)4-11)27-21(29)14-3-13(14)6-22/h2,4-5,7-10,13-14H,3,23H2,1H3,(H,25,27,29)/t13?,14-/m1/s1. The lowest BCUT2D eigenvalue weighted by Gasteiger charge is -2.10. The molecule has 0 radical (unpaired) electrons. The zero-order valence-electron chi connectivity index (χ0n) is 15.6. The van der Waals surface area contributed by atoms with E-state index in [-0.39, 0.29) is 17.7 Å². The Morgan fingerprint density at radius 1 is 1.24 bits per heavy atom. The first-order chi connectivity index (χ1) is 14.0. The van der Waals surface area contributed by atoms with Gasteiger partial charge in [-0.2, -0.15) is 10.4 Å². The number of carbonyl (C=O) groups is 1. The smallest absolute Gasteiger partial charge is 0.230 e. The first-order valence-electron chi connectivity index (χ1n) is 9.21. The molecule has 1 aromatic carbocycles. The van der Waals surface area contributed by atoms with Gasteiger partial charge in [-0.15, -0.1) is 0 Å². The Labute approximate surface area is 166 Å². The van der Waals surface area contributed by atoms with Gasteiger partial charge in [0.05, 0.1) is 35.8 Å². The molecule has 0 spiro atoms. The molecule has 4 aromatic rings. The number of anilines is 2. The summed E-state index contributed by atoms with van der Waals surface area (Å²) in [5.74, 6) is -0.162. The van der Waals surface area contributed by atoms with E-state index in [9.17, 15) is 4.79 Å². The lowest BCUT2D eigenvalue weighted by molar-refractivity contribution is -0.117. The molecule has 29 heavy (non-hydrogen) atoms. The van der Waals surface area contributed by atoms with Gasteiger partial charge in [0.1, 0.15) is 5.82 Å². The highest BCUT2D eigenvalue weighted by Gasteiger charge is 2.43. The molecule has 1 saturated carbocycles. The highest BCUT2D eigenvalue weighted by molar-refractivity contribution is 6.02. The summed E-state index contributed by atoms with van der Waals surface area (Å²) in [6, 6.07) is 7.82. The second kappa shape index (κ2) is 6.27. The summed E-state index contributed by atoms with van der Waals surface area (Å²) in [5.41, 5.74) is 9.65. The third-order valence-corrected chi connectivity index (χ3v) is 5.40. The summed E-state index contributed by atoms with van der Waals surface area (Å²) in [7, 11) is 1.87. The van der Waals surface area contributed by atoms with E-state index >= 15 is 0 Å². The van der Waals surface area contributed by atoms with Crippen LogP contribution in [0.4, 0.5) is 11.5 Å². The van der Waals surface area contributed by atoms with Gasteiger partial charge in [0.15, 0.2) is 0 Å². The predicted molar refractivity (Wildman–Crippen MR) is 109 cm³/mol. The van der Waals surface area contributed by atoms with E-state index in [0.29, 0.717) is 17.9 Å². The van der Waals surface area contributed by atoms with Crippen molar-refractivity contribution in [3.63, 3.8) is 0 Å². The number of nitrogens with two attached hydrogens (primary N) is 1. The summed E-state index contributed by atoms with van der Waals surface area (Å²) in [6.45, 7) is 0. The number of nitrogen functional groups attached to an aromatic ring is 1. The van der Waals surface area contributed by atoms with Crippen LogP contribution in [-0.4, -0.2) is 25.7 Å². The van der Waals surface area contributed by atoms with Gasteiger partial charge < -0.3 is 11.1 Å². The van der Waals surface area contributed by atoms with E-state index in [1.165, 1.54) is 0 Å². The number of fused-ring (bicyclic) bond motifs is 2. The van der Waals surface area contributed by atoms with E-state index in [0.717, 1.165) is 32.8 Å². The summed E-state index contributed by atoms with van der Waals surface area (Å²) in [5, 5.41) is 18.7. The SMILES string of the molecule is Cn1ncc2c(-c3cc(N)c4cnc(NC(=O)[C@@H]5CC5C#N)cc4c3)cncc21. The van der Waals surface area contributed by atoms with Crippen molar-refractivity contribution in [1.29, 1.82) is 5.26 Å². The van der Waals surface area contributed by atoms with Crippen LogP contribution in [0, 0.1) is 23.2 Å². The van der Waals surface area contributed by atoms with E-state index in [1.807, 2.05) is 25.4 Å². The van der Waals surface area contributed by atoms with E-state index in [2.05, 4.69) is 26.5 Å². The van der Waals surface area contributed by atoms with Crippen molar-refractivity contribution in [3.05, 3.63) is 43.0 Å². The number of hydrogen-bond donors (Lipinski definition) is 2. The third kappa shape index (κ3) is 2.84. The molecule has 1 unspecified atom stereocenters. The molecule has 2 atom stereocenters. The number of nitriles is 1. The molecule has 1 aliphatic carbocycles. The monoisotopic (exact) mass is 383 g/mol. The van der Waals surface area contributed by atoms with Crippen molar-refractivity contribution < 1.29 is 4.79 Å². The van der Waals surface area contributed by atoms with E-state index in [4.69, 9.17) is 11.0 Å². The quantitative estimate of drug-likeness (QED) is 0.525. The van der Waals surface area contributed by atoms with Crippen LogP contribution in [0.25, 0.3) is 32.8 Å². The molecule has 0 saturated heterocycles. The molecule has 0 aliphatic heterocycles. The Hall–Kier alpha value is -3.99. The Balaban J connectivity index is 1.56. The molecule has 0 bridgehead atoms. The number of aryl methyl sites for hydroxylation is 1. The van der Waals surface area contributed by atoms with Crippen LogP contribution >= 0.6 is 0 Å². The highest BCUT2D eigenvalue weighted by Crippen LogP contribution is 2.39. The van der Waals surface area contributed by atoms with Gasteiger partial charge in [-0.1, -0.05) is 0 Å².